The summed E-state index contributed by atoms with van der Waals surface area (Å²) in [6.07, 6.45) is 0.318. The van der Waals surface area contributed by atoms with Crippen LogP contribution in [0.25, 0.3) is 0 Å². The number of hydrogen-bond acceptors (Lipinski definition) is 3. The Bertz CT molecular complexity index is 601. The van der Waals surface area contributed by atoms with E-state index >= 15 is 0 Å². The summed E-state index contributed by atoms with van der Waals surface area (Å²) in [5.41, 5.74) is 0.365. The molecule has 0 amide bonds. The summed E-state index contributed by atoms with van der Waals surface area (Å²) >= 11 is 0. The second-order valence-electron chi connectivity index (χ2n) is 5.09. The number of carbonyl (C=O) groups is 1. The lowest BCUT2D eigenvalue weighted by Crippen LogP contribution is -2.47. The number of methoxy groups -OCH3 is 1. The third kappa shape index (κ3) is 4.40. The molecule has 2 aromatic rings. The van der Waals surface area contributed by atoms with Gasteiger partial charge >= 0.3 is 5.97 Å². The van der Waals surface area contributed by atoms with E-state index in [1.54, 1.807) is 0 Å². The highest BCUT2D eigenvalue weighted by Crippen LogP contribution is 2.12. The van der Waals surface area contributed by atoms with E-state index in [1.807, 2.05) is 43.3 Å². The molecule has 0 aromatic heterocycles. The van der Waals surface area contributed by atoms with Crippen molar-refractivity contribution in [3.8, 4) is 0 Å². The van der Waals surface area contributed by atoms with Gasteiger partial charge in [0.25, 0.3) is 9.04 Å². The molecule has 0 fully saturated rings. The molecule has 1 atom stereocenters. The first kappa shape index (κ1) is 17.2. The molecule has 0 aliphatic heterocycles. The van der Waals surface area contributed by atoms with Crippen molar-refractivity contribution in [3.63, 3.8) is 0 Å². The van der Waals surface area contributed by atoms with Gasteiger partial charge in [-0.2, -0.15) is 0 Å². The summed E-state index contributed by atoms with van der Waals surface area (Å²) in [4.78, 5) is 11.8. The van der Waals surface area contributed by atoms with E-state index < -0.39 is 15.0 Å². The molecule has 0 heterocycles. The van der Waals surface area contributed by atoms with Crippen molar-refractivity contribution >= 4 is 25.4 Å². The van der Waals surface area contributed by atoms with Crippen molar-refractivity contribution in [1.29, 1.82) is 0 Å². The number of hydrogen-bond donors (Lipinski definition) is 0. The van der Waals surface area contributed by atoms with Gasteiger partial charge in [0.1, 0.15) is 0 Å². The Balaban J connectivity index is 2.31. The summed E-state index contributed by atoms with van der Waals surface area (Å²) in [5.74, 6) is -0.417. The van der Waals surface area contributed by atoms with Crippen molar-refractivity contribution in [2.75, 3.05) is 7.11 Å². The van der Waals surface area contributed by atoms with E-state index in [2.05, 4.69) is 30.8 Å². The average Bonchev–Trinajstić information content (AvgIpc) is 2.63. The van der Waals surface area contributed by atoms with E-state index in [9.17, 15) is 4.79 Å². The second-order valence-corrected chi connectivity index (χ2v) is 7.14. The summed E-state index contributed by atoms with van der Waals surface area (Å²) < 4.78 is 11.1. The van der Waals surface area contributed by atoms with E-state index in [-0.39, 0.29) is 6.10 Å². The maximum atomic E-state index is 11.8. The molecule has 0 aliphatic carbocycles. The molecule has 4 heteroatoms. The molecule has 2 aromatic carbocycles. The minimum Gasteiger partial charge on any atom is -0.466 e. The minimum atomic E-state index is -1.46. The molecule has 2 rings (SSSR count). The van der Waals surface area contributed by atoms with Crippen molar-refractivity contribution in [1.82, 2.24) is 0 Å². The zero-order chi connectivity index (χ0) is 16.7. The fourth-order valence-corrected chi connectivity index (χ4v) is 4.48. The van der Waals surface area contributed by atoms with Gasteiger partial charge in [-0.05, 0) is 16.8 Å². The van der Waals surface area contributed by atoms with Crippen molar-refractivity contribution in [3.05, 3.63) is 72.8 Å². The topological polar surface area (TPSA) is 35.5 Å². The first-order valence-electron chi connectivity index (χ1n) is 7.59. The van der Waals surface area contributed by atoms with Crippen LogP contribution in [0.3, 0.4) is 0 Å². The van der Waals surface area contributed by atoms with E-state index in [0.717, 1.165) is 10.4 Å². The lowest BCUT2D eigenvalue weighted by atomic mass is 10.1. The van der Waals surface area contributed by atoms with E-state index in [0.29, 0.717) is 12.0 Å². The highest BCUT2D eigenvalue weighted by molar-refractivity contribution is 6.80. The number of benzene rings is 2. The van der Waals surface area contributed by atoms with Gasteiger partial charge in [0.15, 0.2) is 0 Å². The number of carbonyl (C=O) groups excluding carboxylic acids is 1. The molecule has 0 saturated carbocycles. The molecule has 1 radical (unpaired) electrons. The molecule has 119 valence electrons. The van der Waals surface area contributed by atoms with Crippen LogP contribution in [0.5, 0.6) is 0 Å². The van der Waals surface area contributed by atoms with Gasteiger partial charge in [0.05, 0.1) is 18.8 Å². The molecule has 0 spiro atoms. The molecule has 0 N–H and O–H groups in total. The highest BCUT2D eigenvalue weighted by atomic mass is 28.3. The lowest BCUT2D eigenvalue weighted by molar-refractivity contribution is -0.137. The first-order chi connectivity index (χ1) is 11.2. The van der Waals surface area contributed by atoms with Crippen LogP contribution in [-0.4, -0.2) is 28.2 Å². The summed E-state index contributed by atoms with van der Waals surface area (Å²) in [7, 11) is -0.103. The van der Waals surface area contributed by atoms with Crippen LogP contribution >= 0.6 is 0 Å². The van der Waals surface area contributed by atoms with Crippen LogP contribution in [0.15, 0.2) is 72.8 Å². The van der Waals surface area contributed by atoms with Gasteiger partial charge in [0, 0.05) is 0 Å². The van der Waals surface area contributed by atoms with Crippen LogP contribution in [0.2, 0.25) is 0 Å². The van der Waals surface area contributed by atoms with Crippen LogP contribution in [-0.2, 0) is 14.0 Å². The van der Waals surface area contributed by atoms with Crippen molar-refractivity contribution in [2.24, 2.45) is 0 Å². The van der Waals surface area contributed by atoms with E-state index in [4.69, 9.17) is 9.16 Å². The predicted molar refractivity (Wildman–Crippen MR) is 94.2 cm³/mol. The zero-order valence-electron chi connectivity index (χ0n) is 13.5. The Labute approximate surface area is 139 Å². The second kappa shape index (κ2) is 8.46. The monoisotopic (exact) mass is 325 g/mol. The Morgan fingerprint density at radius 1 is 1.04 bits per heavy atom. The molecule has 3 nitrogen and oxygen atoms in total. The smallest absolute Gasteiger partial charge is 0.335 e. The van der Waals surface area contributed by atoms with Crippen LogP contribution < -0.4 is 10.4 Å². The molecule has 0 saturated heterocycles. The molecule has 0 aliphatic rings. The number of ether oxygens (including phenoxy) is 1. The highest BCUT2D eigenvalue weighted by Gasteiger charge is 2.26. The Morgan fingerprint density at radius 2 is 1.52 bits per heavy atom. The molecule has 1 unspecified atom stereocenters. The fourth-order valence-electron chi connectivity index (χ4n) is 2.29. The summed E-state index contributed by atoms with van der Waals surface area (Å²) in [5, 5.41) is 2.28. The fraction of sp³-hybridized carbons (Fsp3) is 0.211. The van der Waals surface area contributed by atoms with Gasteiger partial charge in [-0.25, -0.2) is 4.79 Å². The maximum Gasteiger partial charge on any atom is 0.335 e. The molecular weight excluding hydrogens is 304 g/mol. The Morgan fingerprint density at radius 3 is 1.91 bits per heavy atom. The summed E-state index contributed by atoms with van der Waals surface area (Å²) in [6.45, 7) is 5.83. The molecule has 0 bridgehead atoms. The standard InChI is InChI=1S/C19H21O3Si/c1-4-18(15(2)19(20)21-3)22-23(16-11-7-5-8-12-16)17-13-9-6-10-14-17/h5-14,18H,2,4H2,1,3H3. The van der Waals surface area contributed by atoms with Crippen LogP contribution in [0, 0.1) is 0 Å². The minimum absolute atomic E-state index is 0.350. The summed E-state index contributed by atoms with van der Waals surface area (Å²) in [6, 6.07) is 20.2. The molecule has 23 heavy (non-hydrogen) atoms. The predicted octanol–water partition coefficient (Wildman–Crippen LogP) is 2.32. The van der Waals surface area contributed by atoms with Gasteiger partial charge < -0.3 is 9.16 Å². The zero-order valence-corrected chi connectivity index (χ0v) is 14.5. The van der Waals surface area contributed by atoms with E-state index in [1.165, 1.54) is 7.11 Å². The normalized spacial score (nSPS) is 12.0. The van der Waals surface area contributed by atoms with Gasteiger partial charge in [-0.3, -0.25) is 0 Å². The number of rotatable bonds is 7. The van der Waals surface area contributed by atoms with Gasteiger partial charge in [0.2, 0.25) is 0 Å². The third-order valence-corrected chi connectivity index (χ3v) is 5.77. The van der Waals surface area contributed by atoms with Crippen LogP contribution in [0.1, 0.15) is 13.3 Å². The Kier molecular flexibility index (Phi) is 6.32. The van der Waals surface area contributed by atoms with Gasteiger partial charge in [-0.15, -0.1) is 0 Å². The molecular formula is C19H21O3Si. The van der Waals surface area contributed by atoms with Crippen molar-refractivity contribution in [2.45, 2.75) is 19.4 Å². The third-order valence-electron chi connectivity index (χ3n) is 3.54. The SMILES string of the molecule is C=C(C(=O)OC)C(CC)O[Si](c1ccccc1)c1ccccc1. The van der Waals surface area contributed by atoms with Crippen molar-refractivity contribution < 1.29 is 14.0 Å². The first-order valence-corrected chi connectivity index (χ1v) is 8.99. The average molecular weight is 325 g/mol. The lowest BCUT2D eigenvalue weighted by Gasteiger charge is -2.24. The largest absolute Gasteiger partial charge is 0.466 e. The quantitative estimate of drug-likeness (QED) is 0.445. The van der Waals surface area contributed by atoms with Gasteiger partial charge in [-0.1, -0.05) is 74.2 Å². The Hall–Kier alpha value is -2.17. The maximum absolute atomic E-state index is 11.8. The van der Waals surface area contributed by atoms with Crippen LogP contribution in [0.4, 0.5) is 0 Å². The number of esters is 1.